The van der Waals surface area contributed by atoms with Gasteiger partial charge in [-0.3, -0.25) is 19.6 Å². The van der Waals surface area contributed by atoms with Crippen LogP contribution in [0, 0.1) is 6.92 Å². The highest BCUT2D eigenvalue weighted by Gasteiger charge is 2.18. The molecule has 0 aromatic heterocycles. The summed E-state index contributed by atoms with van der Waals surface area (Å²) in [6, 6.07) is 23.5. The molecule has 0 atom stereocenters. The molecule has 3 aromatic carbocycles. The second-order valence-electron chi connectivity index (χ2n) is 7.74. The first-order valence-corrected chi connectivity index (χ1v) is 10.7. The molecule has 7 heteroatoms. The first-order chi connectivity index (χ1) is 16.0. The molecule has 0 fully saturated rings. The molecule has 7 nitrogen and oxygen atoms in total. The Kier molecular flexibility index (Phi) is 8.32. The Labute approximate surface area is 193 Å². The van der Waals surface area contributed by atoms with Gasteiger partial charge < -0.3 is 10.2 Å². The monoisotopic (exact) mass is 445 g/mol. The molecule has 0 aliphatic heterocycles. The summed E-state index contributed by atoms with van der Waals surface area (Å²) < 4.78 is 0. The van der Waals surface area contributed by atoms with Crippen LogP contribution in [0.3, 0.4) is 0 Å². The topological polar surface area (TPSA) is 98.7 Å². The number of nitrogens with one attached hydrogen (secondary N) is 2. The number of aryl methyl sites for hydroxylation is 1. The molecule has 33 heavy (non-hydrogen) atoms. The Hall–Kier alpha value is -3.97. The van der Waals surface area contributed by atoms with Crippen molar-refractivity contribution in [1.82, 2.24) is 15.7 Å². The molecule has 0 saturated heterocycles. The van der Waals surface area contributed by atoms with Gasteiger partial charge in [-0.1, -0.05) is 60.2 Å². The van der Waals surface area contributed by atoms with Crippen molar-refractivity contribution < 1.29 is 19.6 Å². The largest absolute Gasteiger partial charge is 0.352 e. The van der Waals surface area contributed by atoms with E-state index in [4.69, 9.17) is 5.21 Å². The zero-order chi connectivity index (χ0) is 23.6. The van der Waals surface area contributed by atoms with Gasteiger partial charge >= 0.3 is 0 Å². The van der Waals surface area contributed by atoms with Crippen LogP contribution in [0.5, 0.6) is 0 Å². The Morgan fingerprint density at radius 3 is 2.09 bits per heavy atom. The molecule has 0 aliphatic rings. The zero-order valence-electron chi connectivity index (χ0n) is 18.5. The minimum absolute atomic E-state index is 0.143. The lowest BCUT2D eigenvalue weighted by atomic mass is 10.1. The van der Waals surface area contributed by atoms with Gasteiger partial charge in [0.25, 0.3) is 11.8 Å². The van der Waals surface area contributed by atoms with Crippen LogP contribution in [0.4, 0.5) is 0 Å². The van der Waals surface area contributed by atoms with E-state index in [9.17, 15) is 14.4 Å². The standard InChI is InChI=1S/C26H27N3O4/c1-19-7-11-23(12-8-19)26(32)29(18-21-9-13-22(14-10-21)25(31)28-33)16-15-24(30)27-17-20-5-3-2-4-6-20/h2-14,33H,15-18H2,1H3,(H,27,30)(H,28,31). The van der Waals surface area contributed by atoms with Gasteiger partial charge in [0.05, 0.1) is 0 Å². The lowest BCUT2D eigenvalue weighted by Crippen LogP contribution is -2.35. The van der Waals surface area contributed by atoms with Crippen LogP contribution in [0.25, 0.3) is 0 Å². The van der Waals surface area contributed by atoms with Gasteiger partial charge in [-0.25, -0.2) is 5.48 Å². The summed E-state index contributed by atoms with van der Waals surface area (Å²) in [5, 5.41) is 11.7. The molecule has 0 aliphatic carbocycles. The summed E-state index contributed by atoms with van der Waals surface area (Å²) in [6.07, 6.45) is 0.162. The van der Waals surface area contributed by atoms with Gasteiger partial charge in [0.2, 0.25) is 5.91 Å². The number of nitrogens with zero attached hydrogens (tertiary/aromatic N) is 1. The Balaban J connectivity index is 1.68. The Morgan fingerprint density at radius 1 is 0.818 bits per heavy atom. The molecule has 3 rings (SSSR count). The van der Waals surface area contributed by atoms with Gasteiger partial charge in [0.15, 0.2) is 0 Å². The van der Waals surface area contributed by atoms with E-state index in [2.05, 4.69) is 5.32 Å². The predicted molar refractivity (Wildman–Crippen MR) is 125 cm³/mol. The molecule has 0 spiro atoms. The van der Waals surface area contributed by atoms with Crippen molar-refractivity contribution in [3.8, 4) is 0 Å². The average molecular weight is 446 g/mol. The first-order valence-electron chi connectivity index (χ1n) is 10.7. The van der Waals surface area contributed by atoms with Crippen molar-refractivity contribution in [1.29, 1.82) is 0 Å². The van der Waals surface area contributed by atoms with Gasteiger partial charge in [0, 0.05) is 37.2 Å². The normalized spacial score (nSPS) is 10.4. The maximum atomic E-state index is 13.2. The number of hydroxylamine groups is 1. The Morgan fingerprint density at radius 2 is 1.45 bits per heavy atom. The van der Waals surface area contributed by atoms with Crippen molar-refractivity contribution in [2.45, 2.75) is 26.4 Å². The smallest absolute Gasteiger partial charge is 0.274 e. The van der Waals surface area contributed by atoms with Crippen LogP contribution in [-0.2, 0) is 17.9 Å². The fourth-order valence-electron chi connectivity index (χ4n) is 3.30. The maximum absolute atomic E-state index is 13.2. The van der Waals surface area contributed by atoms with Gasteiger partial charge in [0.1, 0.15) is 0 Å². The molecule has 3 N–H and O–H groups in total. The quantitative estimate of drug-likeness (QED) is 0.347. The maximum Gasteiger partial charge on any atom is 0.274 e. The van der Waals surface area contributed by atoms with Crippen molar-refractivity contribution in [2.24, 2.45) is 0 Å². The third-order valence-corrected chi connectivity index (χ3v) is 5.22. The third-order valence-electron chi connectivity index (χ3n) is 5.22. The molecule has 3 amide bonds. The van der Waals surface area contributed by atoms with Crippen LogP contribution >= 0.6 is 0 Å². The van der Waals surface area contributed by atoms with Gasteiger partial charge in [-0.05, 0) is 42.3 Å². The van der Waals surface area contributed by atoms with E-state index in [1.165, 1.54) is 0 Å². The molecule has 0 saturated carbocycles. The van der Waals surface area contributed by atoms with E-state index in [-0.39, 0.29) is 31.3 Å². The molecule has 0 unspecified atom stereocenters. The summed E-state index contributed by atoms with van der Waals surface area (Å²) in [5.41, 5.74) is 5.30. The minimum Gasteiger partial charge on any atom is -0.352 e. The molecule has 3 aromatic rings. The summed E-state index contributed by atoms with van der Waals surface area (Å²) in [7, 11) is 0. The van der Waals surface area contributed by atoms with Crippen molar-refractivity contribution >= 4 is 17.7 Å². The van der Waals surface area contributed by atoms with Gasteiger partial charge in [-0.15, -0.1) is 0 Å². The summed E-state index contributed by atoms with van der Waals surface area (Å²) >= 11 is 0. The van der Waals surface area contributed by atoms with Crippen LogP contribution in [-0.4, -0.2) is 34.4 Å². The van der Waals surface area contributed by atoms with E-state index in [0.29, 0.717) is 17.7 Å². The molecular weight excluding hydrogens is 418 g/mol. The number of amides is 3. The van der Waals surface area contributed by atoms with E-state index < -0.39 is 5.91 Å². The van der Waals surface area contributed by atoms with E-state index >= 15 is 0 Å². The SMILES string of the molecule is Cc1ccc(C(=O)N(CCC(=O)NCc2ccccc2)Cc2ccc(C(=O)NO)cc2)cc1. The summed E-state index contributed by atoms with van der Waals surface area (Å²) in [4.78, 5) is 38.7. The second-order valence-corrected chi connectivity index (χ2v) is 7.74. The highest BCUT2D eigenvalue weighted by atomic mass is 16.5. The fraction of sp³-hybridized carbons (Fsp3) is 0.192. The van der Waals surface area contributed by atoms with E-state index in [1.54, 1.807) is 46.8 Å². The number of rotatable bonds is 9. The number of benzene rings is 3. The fourth-order valence-corrected chi connectivity index (χ4v) is 3.30. The highest BCUT2D eigenvalue weighted by Crippen LogP contribution is 2.13. The van der Waals surface area contributed by atoms with Crippen molar-refractivity contribution in [3.63, 3.8) is 0 Å². The summed E-state index contributed by atoms with van der Waals surface area (Å²) in [5.74, 6) is -0.928. The van der Waals surface area contributed by atoms with Crippen molar-refractivity contribution in [2.75, 3.05) is 6.54 Å². The van der Waals surface area contributed by atoms with Gasteiger partial charge in [-0.2, -0.15) is 0 Å². The Bertz CT molecular complexity index is 1080. The third kappa shape index (κ3) is 7.02. The number of hydrogen-bond donors (Lipinski definition) is 3. The van der Waals surface area contributed by atoms with E-state index in [1.807, 2.05) is 49.4 Å². The minimum atomic E-state index is -0.607. The van der Waals surface area contributed by atoms with Crippen LogP contribution in [0.15, 0.2) is 78.9 Å². The number of hydrogen-bond acceptors (Lipinski definition) is 4. The predicted octanol–water partition coefficient (Wildman–Crippen LogP) is 3.46. The second kappa shape index (κ2) is 11.6. The molecular formula is C26H27N3O4. The van der Waals surface area contributed by atoms with Crippen LogP contribution in [0.2, 0.25) is 0 Å². The summed E-state index contributed by atoms with van der Waals surface area (Å²) in [6.45, 7) is 2.90. The highest BCUT2D eigenvalue weighted by molar-refractivity contribution is 5.95. The molecule has 0 heterocycles. The van der Waals surface area contributed by atoms with Crippen LogP contribution < -0.4 is 10.8 Å². The average Bonchev–Trinajstić information content (AvgIpc) is 2.85. The lowest BCUT2D eigenvalue weighted by molar-refractivity contribution is -0.121. The molecule has 170 valence electrons. The van der Waals surface area contributed by atoms with Crippen LogP contribution in [0.1, 0.15) is 43.8 Å². The first kappa shape index (κ1) is 23.7. The van der Waals surface area contributed by atoms with Crippen molar-refractivity contribution in [3.05, 3.63) is 107 Å². The number of carbonyl (C=O) groups is 3. The lowest BCUT2D eigenvalue weighted by Gasteiger charge is -2.23. The number of carbonyl (C=O) groups excluding carboxylic acids is 3. The zero-order valence-corrected chi connectivity index (χ0v) is 18.5. The van der Waals surface area contributed by atoms with E-state index in [0.717, 1.165) is 16.7 Å². The molecule has 0 bridgehead atoms. The molecule has 0 radical (unpaired) electrons.